The zero-order valence-electron chi connectivity index (χ0n) is 15.9. The van der Waals surface area contributed by atoms with E-state index in [9.17, 15) is 21.6 Å². The summed E-state index contributed by atoms with van der Waals surface area (Å²) in [4.78, 5) is 4.37. The maximum Gasteiger partial charge on any atom is 0.416 e. The fourth-order valence-corrected chi connectivity index (χ4v) is 3.07. The van der Waals surface area contributed by atoms with Crippen molar-refractivity contribution in [3.8, 4) is 0 Å². The van der Waals surface area contributed by atoms with E-state index in [2.05, 4.69) is 15.6 Å². The number of sulfone groups is 1. The average Bonchev–Trinajstić information content (AvgIpc) is 2.61. The molecule has 5 nitrogen and oxygen atoms in total. The Morgan fingerprint density at radius 1 is 1.22 bits per heavy atom. The molecule has 0 spiro atoms. The van der Waals surface area contributed by atoms with Crippen LogP contribution in [0.1, 0.15) is 44.2 Å². The van der Waals surface area contributed by atoms with Gasteiger partial charge in [-0.1, -0.05) is 32.0 Å². The lowest BCUT2D eigenvalue weighted by atomic mass is 9.96. The van der Waals surface area contributed by atoms with Gasteiger partial charge in [0.05, 0.1) is 11.3 Å². The average molecular weight is 408 g/mol. The highest BCUT2D eigenvalue weighted by atomic mass is 32.2. The molecule has 1 aromatic rings. The maximum absolute atomic E-state index is 12.8. The molecule has 0 saturated carbocycles. The second-order valence-corrected chi connectivity index (χ2v) is 8.71. The number of halogens is 3. The fraction of sp³-hybridized carbons (Fsp3) is 0.611. The molecule has 154 valence electrons. The van der Waals surface area contributed by atoms with Crippen LogP contribution in [0.3, 0.4) is 0 Å². The summed E-state index contributed by atoms with van der Waals surface area (Å²) in [6.45, 7) is 6.64. The number of benzene rings is 1. The van der Waals surface area contributed by atoms with Gasteiger partial charge in [-0.3, -0.25) is 4.99 Å². The number of aliphatic imine (C=N–C) groups is 1. The Labute approximate surface area is 159 Å². The molecule has 0 amide bonds. The van der Waals surface area contributed by atoms with Crippen molar-refractivity contribution in [2.75, 3.05) is 31.1 Å². The number of nitrogens with zero attached hydrogens (tertiary/aromatic N) is 1. The van der Waals surface area contributed by atoms with E-state index in [1.165, 1.54) is 12.1 Å². The summed E-state index contributed by atoms with van der Waals surface area (Å²) in [5, 5.41) is 5.99. The Bertz CT molecular complexity index is 719. The first-order valence-electron chi connectivity index (χ1n) is 8.98. The lowest BCUT2D eigenvalue weighted by Gasteiger charge is -2.15. The van der Waals surface area contributed by atoms with Crippen LogP contribution < -0.4 is 10.6 Å². The summed E-state index contributed by atoms with van der Waals surface area (Å²) in [6, 6.07) is 5.33. The van der Waals surface area contributed by atoms with Gasteiger partial charge in [-0.25, -0.2) is 8.42 Å². The van der Waals surface area contributed by atoms with Crippen molar-refractivity contribution in [3.63, 3.8) is 0 Å². The van der Waals surface area contributed by atoms with Crippen molar-refractivity contribution in [1.82, 2.24) is 10.6 Å². The third kappa shape index (κ3) is 8.64. The van der Waals surface area contributed by atoms with E-state index >= 15 is 0 Å². The Morgan fingerprint density at radius 3 is 2.52 bits per heavy atom. The Morgan fingerprint density at radius 2 is 1.93 bits per heavy atom. The molecular weight excluding hydrogens is 379 g/mol. The lowest BCUT2D eigenvalue weighted by Crippen LogP contribution is -2.39. The van der Waals surface area contributed by atoms with E-state index in [1.807, 2.05) is 13.8 Å². The zero-order valence-corrected chi connectivity index (χ0v) is 16.8. The second-order valence-electron chi connectivity index (χ2n) is 6.24. The zero-order chi connectivity index (χ0) is 20.5. The number of rotatable bonds is 9. The Kier molecular flexibility index (Phi) is 9.08. The van der Waals surface area contributed by atoms with E-state index in [-0.39, 0.29) is 24.0 Å². The molecule has 0 saturated heterocycles. The van der Waals surface area contributed by atoms with Crippen molar-refractivity contribution < 1.29 is 21.6 Å². The largest absolute Gasteiger partial charge is 0.416 e. The molecule has 27 heavy (non-hydrogen) atoms. The minimum Gasteiger partial charge on any atom is -0.357 e. The predicted molar refractivity (Wildman–Crippen MR) is 103 cm³/mol. The van der Waals surface area contributed by atoms with Gasteiger partial charge in [0.15, 0.2) is 15.8 Å². The van der Waals surface area contributed by atoms with Crippen LogP contribution in [0.2, 0.25) is 0 Å². The predicted octanol–water partition coefficient (Wildman–Crippen LogP) is 3.19. The van der Waals surface area contributed by atoms with E-state index < -0.39 is 21.6 Å². The monoisotopic (exact) mass is 407 g/mol. The lowest BCUT2D eigenvalue weighted by molar-refractivity contribution is -0.137. The van der Waals surface area contributed by atoms with Crippen LogP contribution in [0.15, 0.2) is 29.3 Å². The highest BCUT2D eigenvalue weighted by Gasteiger charge is 2.30. The van der Waals surface area contributed by atoms with Crippen molar-refractivity contribution >= 4 is 15.8 Å². The number of nitrogens with one attached hydrogen (secondary N) is 2. The smallest absolute Gasteiger partial charge is 0.357 e. The molecule has 0 radical (unpaired) electrons. The van der Waals surface area contributed by atoms with Crippen molar-refractivity contribution in [2.24, 2.45) is 4.99 Å². The molecule has 2 N–H and O–H groups in total. The molecule has 1 unspecified atom stereocenters. The molecule has 0 aromatic heterocycles. The van der Waals surface area contributed by atoms with Crippen LogP contribution >= 0.6 is 0 Å². The van der Waals surface area contributed by atoms with Crippen LogP contribution in [0, 0.1) is 0 Å². The third-order valence-corrected chi connectivity index (χ3v) is 5.81. The van der Waals surface area contributed by atoms with Gasteiger partial charge in [-0.15, -0.1) is 0 Å². The minimum absolute atomic E-state index is 0.0224. The number of alkyl halides is 3. The molecule has 0 fully saturated rings. The summed E-state index contributed by atoms with van der Waals surface area (Å²) < 4.78 is 61.5. The van der Waals surface area contributed by atoms with E-state index in [1.54, 1.807) is 13.0 Å². The van der Waals surface area contributed by atoms with Gasteiger partial charge in [0.25, 0.3) is 0 Å². The van der Waals surface area contributed by atoms with Crippen LogP contribution in [0.25, 0.3) is 0 Å². The first-order valence-corrected chi connectivity index (χ1v) is 10.8. The Balaban J connectivity index is 2.62. The quantitative estimate of drug-likeness (QED) is 0.487. The number of hydrogen-bond donors (Lipinski definition) is 2. The van der Waals surface area contributed by atoms with Crippen molar-refractivity contribution in [2.45, 2.75) is 39.3 Å². The summed E-state index contributed by atoms with van der Waals surface area (Å²) in [5.41, 5.74) is -0.0329. The summed E-state index contributed by atoms with van der Waals surface area (Å²) >= 11 is 0. The second kappa shape index (κ2) is 10.5. The Hall–Kier alpha value is -1.77. The first kappa shape index (κ1) is 23.3. The normalized spacial score (nSPS) is 14.1. The third-order valence-electron chi connectivity index (χ3n) is 4.10. The van der Waals surface area contributed by atoms with Gasteiger partial charge in [0.1, 0.15) is 0 Å². The van der Waals surface area contributed by atoms with E-state index in [0.29, 0.717) is 31.0 Å². The van der Waals surface area contributed by atoms with Gasteiger partial charge in [0, 0.05) is 25.4 Å². The van der Waals surface area contributed by atoms with E-state index in [4.69, 9.17) is 0 Å². The minimum atomic E-state index is -4.35. The van der Waals surface area contributed by atoms with Gasteiger partial charge >= 0.3 is 6.18 Å². The highest BCUT2D eigenvalue weighted by Crippen LogP contribution is 2.31. The van der Waals surface area contributed by atoms with Gasteiger partial charge in [-0.2, -0.15) is 13.2 Å². The molecule has 1 aromatic carbocycles. The highest BCUT2D eigenvalue weighted by molar-refractivity contribution is 7.91. The summed E-state index contributed by atoms with van der Waals surface area (Å²) in [5.74, 6) is 0.533. The first-order chi connectivity index (χ1) is 12.6. The number of hydrogen-bond acceptors (Lipinski definition) is 3. The van der Waals surface area contributed by atoms with Crippen molar-refractivity contribution in [1.29, 1.82) is 0 Å². The molecule has 1 rings (SSSR count). The maximum atomic E-state index is 12.8. The summed E-state index contributed by atoms with van der Waals surface area (Å²) in [6.07, 6.45) is -3.78. The SMILES string of the molecule is CCNC(=NCCC(C)c1cccc(C(F)(F)F)c1)NCCS(=O)(=O)CC. The van der Waals surface area contributed by atoms with Crippen LogP contribution in [-0.2, 0) is 16.0 Å². The van der Waals surface area contributed by atoms with Gasteiger partial charge in [0.2, 0.25) is 0 Å². The molecule has 0 aliphatic heterocycles. The molecule has 1 atom stereocenters. The molecule has 9 heteroatoms. The molecule has 0 bridgehead atoms. The standard InChI is InChI=1S/C18H28F3N3O2S/c1-4-22-17(24-11-12-27(25,26)5-2)23-10-9-14(3)15-7-6-8-16(13-15)18(19,20)21/h6-8,13-14H,4-5,9-12H2,1-3H3,(H2,22,23,24). The molecular formula is C18H28F3N3O2S. The molecule has 0 aliphatic carbocycles. The number of guanidine groups is 1. The molecule has 0 heterocycles. The van der Waals surface area contributed by atoms with Crippen LogP contribution in [-0.4, -0.2) is 45.5 Å². The summed E-state index contributed by atoms with van der Waals surface area (Å²) in [7, 11) is -3.05. The van der Waals surface area contributed by atoms with Gasteiger partial charge in [-0.05, 0) is 30.9 Å². The van der Waals surface area contributed by atoms with Crippen LogP contribution in [0.4, 0.5) is 13.2 Å². The fourth-order valence-electron chi connectivity index (χ4n) is 2.37. The topological polar surface area (TPSA) is 70.6 Å². The van der Waals surface area contributed by atoms with Crippen LogP contribution in [0.5, 0.6) is 0 Å². The van der Waals surface area contributed by atoms with E-state index in [0.717, 1.165) is 6.07 Å². The molecule has 0 aliphatic rings. The van der Waals surface area contributed by atoms with Crippen molar-refractivity contribution in [3.05, 3.63) is 35.4 Å². The van der Waals surface area contributed by atoms with Gasteiger partial charge < -0.3 is 10.6 Å².